The first kappa shape index (κ1) is 9.73. The summed E-state index contributed by atoms with van der Waals surface area (Å²) >= 11 is 0. The first-order valence-electron chi connectivity index (χ1n) is 4.69. The molecule has 0 saturated heterocycles. The Labute approximate surface area is 87.7 Å². The zero-order valence-corrected chi connectivity index (χ0v) is 8.22. The Kier molecular flexibility index (Phi) is 2.99. The van der Waals surface area contributed by atoms with Crippen molar-refractivity contribution in [1.82, 2.24) is 4.98 Å². The van der Waals surface area contributed by atoms with E-state index in [1.807, 2.05) is 30.3 Å². The van der Waals surface area contributed by atoms with Crippen LogP contribution in [-0.2, 0) is 13.2 Å². The summed E-state index contributed by atoms with van der Waals surface area (Å²) in [4.78, 5) is 4.13. The summed E-state index contributed by atoms with van der Waals surface area (Å²) in [6, 6.07) is 9.52. The number of para-hydroxylation sites is 1. The average molecular weight is 204 g/mol. The minimum Gasteiger partial charge on any atom is -0.484 e. The van der Waals surface area contributed by atoms with Crippen molar-refractivity contribution in [3.8, 4) is 5.75 Å². The van der Waals surface area contributed by atoms with Crippen molar-refractivity contribution in [3.05, 3.63) is 48.2 Å². The number of aromatic nitrogens is 1. The molecule has 15 heavy (non-hydrogen) atoms. The van der Waals surface area contributed by atoms with Crippen LogP contribution in [0.2, 0.25) is 0 Å². The van der Waals surface area contributed by atoms with Crippen LogP contribution in [-0.4, -0.2) is 4.98 Å². The molecule has 1 aromatic carbocycles. The van der Waals surface area contributed by atoms with Gasteiger partial charge in [0.05, 0.1) is 5.69 Å². The second-order valence-corrected chi connectivity index (χ2v) is 3.04. The zero-order chi connectivity index (χ0) is 10.5. The Bertz CT molecular complexity index is 412. The van der Waals surface area contributed by atoms with Gasteiger partial charge in [-0.05, 0) is 12.1 Å². The lowest BCUT2D eigenvalue weighted by molar-refractivity contribution is 0.263. The molecule has 0 unspecified atom stereocenters. The number of nitrogens with zero attached hydrogens (tertiary/aromatic N) is 1. The van der Waals surface area contributed by atoms with Gasteiger partial charge in [-0.15, -0.1) is 0 Å². The maximum absolute atomic E-state index is 5.45. The lowest BCUT2D eigenvalue weighted by Crippen LogP contribution is -1.99. The molecule has 0 spiro atoms. The molecule has 78 valence electrons. The van der Waals surface area contributed by atoms with E-state index in [4.69, 9.17) is 14.9 Å². The van der Waals surface area contributed by atoms with Gasteiger partial charge in [0.2, 0.25) is 5.89 Å². The Balaban J connectivity index is 1.93. The predicted molar refractivity (Wildman–Crippen MR) is 55.2 cm³/mol. The highest BCUT2D eigenvalue weighted by Crippen LogP contribution is 2.11. The van der Waals surface area contributed by atoms with Crippen LogP contribution >= 0.6 is 0 Å². The molecular weight excluding hydrogens is 192 g/mol. The summed E-state index contributed by atoms with van der Waals surface area (Å²) in [5.74, 6) is 1.34. The van der Waals surface area contributed by atoms with E-state index in [1.165, 1.54) is 0 Å². The zero-order valence-electron chi connectivity index (χ0n) is 8.22. The van der Waals surface area contributed by atoms with E-state index in [0.717, 1.165) is 11.4 Å². The van der Waals surface area contributed by atoms with E-state index in [-0.39, 0.29) is 0 Å². The van der Waals surface area contributed by atoms with E-state index < -0.39 is 0 Å². The van der Waals surface area contributed by atoms with Crippen molar-refractivity contribution in [3.63, 3.8) is 0 Å². The van der Waals surface area contributed by atoms with Gasteiger partial charge >= 0.3 is 0 Å². The minimum absolute atomic E-state index is 0.323. The molecule has 0 amide bonds. The third kappa shape index (κ3) is 2.57. The summed E-state index contributed by atoms with van der Waals surface area (Å²) < 4.78 is 10.6. The van der Waals surface area contributed by atoms with Gasteiger partial charge in [0.1, 0.15) is 12.0 Å². The van der Waals surface area contributed by atoms with Crippen LogP contribution in [0.3, 0.4) is 0 Å². The Morgan fingerprint density at radius 1 is 1.27 bits per heavy atom. The van der Waals surface area contributed by atoms with Gasteiger partial charge < -0.3 is 14.9 Å². The Morgan fingerprint density at radius 3 is 2.73 bits per heavy atom. The lowest BCUT2D eigenvalue weighted by Gasteiger charge is -2.01. The lowest BCUT2D eigenvalue weighted by atomic mass is 10.3. The van der Waals surface area contributed by atoms with Crippen LogP contribution in [0.1, 0.15) is 11.6 Å². The maximum Gasteiger partial charge on any atom is 0.232 e. The number of hydrogen-bond donors (Lipinski definition) is 1. The van der Waals surface area contributed by atoms with E-state index in [2.05, 4.69) is 4.98 Å². The van der Waals surface area contributed by atoms with Crippen LogP contribution in [0, 0.1) is 0 Å². The van der Waals surface area contributed by atoms with Gasteiger partial charge in [0, 0.05) is 6.54 Å². The Hall–Kier alpha value is -1.81. The molecule has 1 aromatic heterocycles. The number of ether oxygens (including phenoxy) is 1. The second kappa shape index (κ2) is 4.61. The first-order chi connectivity index (χ1) is 7.38. The topological polar surface area (TPSA) is 61.3 Å². The predicted octanol–water partition coefficient (Wildman–Crippen LogP) is 1.71. The van der Waals surface area contributed by atoms with Gasteiger partial charge in [-0.25, -0.2) is 4.98 Å². The molecule has 0 bridgehead atoms. The highest BCUT2D eigenvalue weighted by atomic mass is 16.5. The van der Waals surface area contributed by atoms with Crippen molar-refractivity contribution in [2.24, 2.45) is 5.73 Å². The third-order valence-corrected chi connectivity index (χ3v) is 1.91. The standard InChI is InChI=1S/C11H12N2O2/c12-6-9-7-15-11(13-9)8-14-10-4-2-1-3-5-10/h1-5,7H,6,8,12H2. The summed E-state index contributed by atoms with van der Waals surface area (Å²) in [5.41, 5.74) is 6.14. The largest absolute Gasteiger partial charge is 0.484 e. The molecule has 1 heterocycles. The van der Waals surface area contributed by atoms with Crippen molar-refractivity contribution in [1.29, 1.82) is 0 Å². The van der Waals surface area contributed by atoms with Crippen molar-refractivity contribution in [2.45, 2.75) is 13.2 Å². The summed E-state index contributed by atoms with van der Waals surface area (Å²) in [6.07, 6.45) is 1.55. The van der Waals surface area contributed by atoms with Crippen molar-refractivity contribution >= 4 is 0 Å². The van der Waals surface area contributed by atoms with Crippen molar-refractivity contribution < 1.29 is 9.15 Å². The van der Waals surface area contributed by atoms with Crippen LogP contribution < -0.4 is 10.5 Å². The molecule has 2 aromatic rings. The number of nitrogens with two attached hydrogens (primary N) is 1. The molecule has 4 heteroatoms. The molecule has 4 nitrogen and oxygen atoms in total. The van der Waals surface area contributed by atoms with Crippen LogP contribution in [0.4, 0.5) is 0 Å². The van der Waals surface area contributed by atoms with Crippen LogP contribution in [0.15, 0.2) is 41.0 Å². The monoisotopic (exact) mass is 204 g/mol. The molecule has 0 aliphatic carbocycles. The third-order valence-electron chi connectivity index (χ3n) is 1.91. The average Bonchev–Trinajstić information content (AvgIpc) is 2.76. The van der Waals surface area contributed by atoms with E-state index in [1.54, 1.807) is 6.26 Å². The summed E-state index contributed by atoms with van der Waals surface area (Å²) in [7, 11) is 0. The fourth-order valence-corrected chi connectivity index (χ4v) is 1.17. The first-order valence-corrected chi connectivity index (χ1v) is 4.69. The Morgan fingerprint density at radius 2 is 2.07 bits per heavy atom. The molecule has 0 aliphatic heterocycles. The number of rotatable bonds is 4. The van der Waals surface area contributed by atoms with E-state index in [9.17, 15) is 0 Å². The van der Waals surface area contributed by atoms with Gasteiger partial charge in [0.15, 0.2) is 6.61 Å². The SMILES string of the molecule is NCc1coc(COc2ccccc2)n1. The molecule has 0 atom stereocenters. The molecular formula is C11H12N2O2. The smallest absolute Gasteiger partial charge is 0.232 e. The molecule has 0 fully saturated rings. The number of oxazole rings is 1. The fourth-order valence-electron chi connectivity index (χ4n) is 1.17. The summed E-state index contributed by atoms with van der Waals surface area (Å²) in [5, 5.41) is 0. The fraction of sp³-hybridized carbons (Fsp3) is 0.182. The van der Waals surface area contributed by atoms with Crippen LogP contribution in [0.5, 0.6) is 5.75 Å². The quantitative estimate of drug-likeness (QED) is 0.823. The molecule has 2 rings (SSSR count). The van der Waals surface area contributed by atoms with Gasteiger partial charge in [-0.1, -0.05) is 18.2 Å². The highest BCUT2D eigenvalue weighted by Gasteiger charge is 2.02. The number of benzene rings is 1. The minimum atomic E-state index is 0.323. The van der Waals surface area contributed by atoms with Crippen LogP contribution in [0.25, 0.3) is 0 Å². The van der Waals surface area contributed by atoms with Gasteiger partial charge in [0.25, 0.3) is 0 Å². The normalized spacial score (nSPS) is 10.2. The number of hydrogen-bond acceptors (Lipinski definition) is 4. The summed E-state index contributed by atoms with van der Waals surface area (Å²) in [6.45, 7) is 0.707. The molecule has 0 saturated carbocycles. The van der Waals surface area contributed by atoms with Crippen molar-refractivity contribution in [2.75, 3.05) is 0 Å². The van der Waals surface area contributed by atoms with E-state index in [0.29, 0.717) is 19.0 Å². The van der Waals surface area contributed by atoms with E-state index >= 15 is 0 Å². The molecule has 2 N–H and O–H groups in total. The maximum atomic E-state index is 5.45. The second-order valence-electron chi connectivity index (χ2n) is 3.04. The molecule has 0 radical (unpaired) electrons. The van der Waals surface area contributed by atoms with Gasteiger partial charge in [-0.3, -0.25) is 0 Å². The molecule has 0 aliphatic rings. The van der Waals surface area contributed by atoms with Gasteiger partial charge in [-0.2, -0.15) is 0 Å². The highest BCUT2D eigenvalue weighted by molar-refractivity contribution is 5.20.